The summed E-state index contributed by atoms with van der Waals surface area (Å²) in [6.07, 6.45) is 23.4. The highest BCUT2D eigenvalue weighted by atomic mass is 16.4. The van der Waals surface area contributed by atoms with Crippen molar-refractivity contribution < 1.29 is 9.90 Å². The van der Waals surface area contributed by atoms with Crippen LogP contribution in [0.1, 0.15) is 71.1 Å². The third kappa shape index (κ3) is 16.7. The van der Waals surface area contributed by atoms with Crippen LogP contribution in [0, 0.1) is 0 Å². The highest BCUT2D eigenvalue weighted by molar-refractivity contribution is 5.66. The number of carbonyl (C=O) groups is 1. The molecule has 0 aromatic heterocycles. The summed E-state index contributed by atoms with van der Waals surface area (Å²) in [5.41, 5.74) is 0. The first-order valence-electron chi connectivity index (χ1n) is 7.95. The number of hydrogen-bond acceptors (Lipinski definition) is 1. The Balaban J connectivity index is 3.22. The van der Waals surface area contributed by atoms with E-state index in [0.717, 1.165) is 44.9 Å². The first kappa shape index (κ1) is 18.7. The molecule has 0 heterocycles. The minimum absolute atomic E-state index is 0.320. The Morgan fingerprint density at radius 2 is 1.40 bits per heavy atom. The number of allylic oxidation sites excluding steroid dienone is 6. The Kier molecular flexibility index (Phi) is 14.7. The average Bonchev–Trinajstić information content (AvgIpc) is 2.43. The topological polar surface area (TPSA) is 37.3 Å². The van der Waals surface area contributed by atoms with Gasteiger partial charge in [0.15, 0.2) is 0 Å². The van der Waals surface area contributed by atoms with Gasteiger partial charge in [-0.25, -0.2) is 0 Å². The summed E-state index contributed by atoms with van der Waals surface area (Å²) in [6.45, 7) is 2.14. The quantitative estimate of drug-likeness (QED) is 0.268. The van der Waals surface area contributed by atoms with Gasteiger partial charge >= 0.3 is 5.97 Å². The van der Waals surface area contributed by atoms with Crippen LogP contribution in [-0.2, 0) is 4.79 Å². The van der Waals surface area contributed by atoms with Crippen LogP contribution in [0.4, 0.5) is 0 Å². The van der Waals surface area contributed by atoms with Crippen molar-refractivity contribution in [2.45, 2.75) is 71.1 Å². The predicted octanol–water partition coefficient (Wildman–Crippen LogP) is 5.66. The first-order valence-corrected chi connectivity index (χ1v) is 7.95. The molecule has 0 aromatic rings. The van der Waals surface area contributed by atoms with Crippen LogP contribution >= 0.6 is 0 Å². The Labute approximate surface area is 124 Å². The molecular weight excluding hydrogens is 248 g/mol. The molecule has 114 valence electrons. The number of rotatable bonds is 13. The molecular formula is C18H30O2. The summed E-state index contributed by atoms with van der Waals surface area (Å²) < 4.78 is 0. The SMILES string of the molecule is CC/C=C/C=C/CC/C=C/CCCCCCCC(=O)O. The summed E-state index contributed by atoms with van der Waals surface area (Å²) in [7, 11) is 0. The zero-order chi connectivity index (χ0) is 14.9. The van der Waals surface area contributed by atoms with E-state index in [-0.39, 0.29) is 0 Å². The van der Waals surface area contributed by atoms with Crippen molar-refractivity contribution in [1.82, 2.24) is 0 Å². The van der Waals surface area contributed by atoms with Crippen molar-refractivity contribution in [2.75, 3.05) is 0 Å². The second-order valence-electron chi connectivity index (χ2n) is 5.01. The van der Waals surface area contributed by atoms with E-state index in [1.807, 2.05) is 0 Å². The van der Waals surface area contributed by atoms with Gasteiger partial charge in [0.25, 0.3) is 0 Å². The van der Waals surface area contributed by atoms with E-state index < -0.39 is 5.97 Å². The molecule has 0 fully saturated rings. The van der Waals surface area contributed by atoms with Gasteiger partial charge in [0, 0.05) is 6.42 Å². The molecule has 0 aromatic carbocycles. The van der Waals surface area contributed by atoms with Gasteiger partial charge in [-0.05, 0) is 38.5 Å². The highest BCUT2D eigenvalue weighted by Crippen LogP contribution is 2.08. The lowest BCUT2D eigenvalue weighted by molar-refractivity contribution is -0.137. The van der Waals surface area contributed by atoms with Gasteiger partial charge in [0.2, 0.25) is 0 Å². The van der Waals surface area contributed by atoms with Gasteiger partial charge in [-0.3, -0.25) is 4.79 Å². The standard InChI is InChI=1S/C18H30O2/c1-2-3-4-5-6-7-8-9-10-11-12-13-14-15-16-17-18(19)20/h3-6,9-10H,2,7-8,11-17H2,1H3,(H,19,20)/b4-3+,6-5+,10-9+. The van der Waals surface area contributed by atoms with Crippen LogP contribution in [0.3, 0.4) is 0 Å². The van der Waals surface area contributed by atoms with Crippen LogP contribution < -0.4 is 0 Å². The molecule has 0 amide bonds. The normalized spacial score (nSPS) is 12.1. The Morgan fingerprint density at radius 3 is 2.15 bits per heavy atom. The maximum atomic E-state index is 10.3. The van der Waals surface area contributed by atoms with Crippen molar-refractivity contribution >= 4 is 5.97 Å². The third-order valence-electron chi connectivity index (χ3n) is 3.05. The molecule has 20 heavy (non-hydrogen) atoms. The van der Waals surface area contributed by atoms with E-state index >= 15 is 0 Å². The Hall–Kier alpha value is -1.31. The van der Waals surface area contributed by atoms with Crippen molar-refractivity contribution in [3.63, 3.8) is 0 Å². The Bertz CT molecular complexity index is 301. The van der Waals surface area contributed by atoms with Gasteiger partial charge in [0.05, 0.1) is 0 Å². The maximum Gasteiger partial charge on any atom is 0.303 e. The van der Waals surface area contributed by atoms with E-state index in [1.54, 1.807) is 0 Å². The summed E-state index contributed by atoms with van der Waals surface area (Å²) in [6, 6.07) is 0. The molecule has 0 rings (SSSR count). The third-order valence-corrected chi connectivity index (χ3v) is 3.05. The smallest absolute Gasteiger partial charge is 0.303 e. The molecule has 1 N–H and O–H groups in total. The van der Waals surface area contributed by atoms with Gasteiger partial charge < -0.3 is 5.11 Å². The molecule has 0 aliphatic heterocycles. The number of unbranched alkanes of at least 4 members (excludes halogenated alkanes) is 6. The fourth-order valence-electron chi connectivity index (χ4n) is 1.89. The van der Waals surface area contributed by atoms with E-state index in [4.69, 9.17) is 5.11 Å². The maximum absolute atomic E-state index is 10.3. The van der Waals surface area contributed by atoms with E-state index in [0.29, 0.717) is 6.42 Å². The fourth-order valence-corrected chi connectivity index (χ4v) is 1.89. The van der Waals surface area contributed by atoms with Gasteiger partial charge in [-0.2, -0.15) is 0 Å². The molecule has 0 unspecified atom stereocenters. The number of carboxylic acid groups (broad SMARTS) is 1. The zero-order valence-corrected chi connectivity index (χ0v) is 12.9. The summed E-state index contributed by atoms with van der Waals surface area (Å²) in [5, 5.41) is 8.50. The molecule has 0 atom stereocenters. The summed E-state index contributed by atoms with van der Waals surface area (Å²) in [5.74, 6) is -0.674. The van der Waals surface area contributed by atoms with Crippen LogP contribution in [-0.4, -0.2) is 11.1 Å². The molecule has 0 saturated heterocycles. The van der Waals surface area contributed by atoms with Crippen molar-refractivity contribution in [3.8, 4) is 0 Å². The molecule has 2 heteroatoms. The fraction of sp³-hybridized carbons (Fsp3) is 0.611. The van der Waals surface area contributed by atoms with Gasteiger partial charge in [0.1, 0.15) is 0 Å². The molecule has 0 aliphatic carbocycles. The molecule has 0 spiro atoms. The van der Waals surface area contributed by atoms with E-state index in [1.165, 1.54) is 12.8 Å². The van der Waals surface area contributed by atoms with Gasteiger partial charge in [-0.15, -0.1) is 0 Å². The molecule has 2 nitrogen and oxygen atoms in total. The lowest BCUT2D eigenvalue weighted by atomic mass is 10.1. The lowest BCUT2D eigenvalue weighted by Gasteiger charge is -1.98. The van der Waals surface area contributed by atoms with Gasteiger partial charge in [-0.1, -0.05) is 62.6 Å². The van der Waals surface area contributed by atoms with Crippen LogP contribution in [0.5, 0.6) is 0 Å². The minimum atomic E-state index is -0.674. The van der Waals surface area contributed by atoms with Crippen molar-refractivity contribution in [3.05, 3.63) is 36.5 Å². The molecule has 0 saturated carbocycles. The van der Waals surface area contributed by atoms with Crippen molar-refractivity contribution in [1.29, 1.82) is 0 Å². The van der Waals surface area contributed by atoms with Crippen LogP contribution in [0.15, 0.2) is 36.5 Å². The number of carboxylic acids is 1. The average molecular weight is 278 g/mol. The Morgan fingerprint density at radius 1 is 0.800 bits per heavy atom. The second-order valence-corrected chi connectivity index (χ2v) is 5.01. The summed E-state index contributed by atoms with van der Waals surface area (Å²) >= 11 is 0. The van der Waals surface area contributed by atoms with E-state index in [9.17, 15) is 4.79 Å². The van der Waals surface area contributed by atoms with Crippen molar-refractivity contribution in [2.24, 2.45) is 0 Å². The molecule has 0 aliphatic rings. The number of hydrogen-bond donors (Lipinski definition) is 1. The molecule has 0 radical (unpaired) electrons. The van der Waals surface area contributed by atoms with Crippen LogP contribution in [0.2, 0.25) is 0 Å². The van der Waals surface area contributed by atoms with E-state index in [2.05, 4.69) is 43.4 Å². The zero-order valence-electron chi connectivity index (χ0n) is 12.9. The number of aliphatic carboxylic acids is 1. The van der Waals surface area contributed by atoms with Crippen LogP contribution in [0.25, 0.3) is 0 Å². The highest BCUT2D eigenvalue weighted by Gasteiger charge is 1.95. The minimum Gasteiger partial charge on any atom is -0.481 e. The first-order chi connectivity index (χ1) is 9.77. The second kappa shape index (κ2) is 15.7. The lowest BCUT2D eigenvalue weighted by Crippen LogP contribution is -1.93. The largest absolute Gasteiger partial charge is 0.481 e. The predicted molar refractivity (Wildman–Crippen MR) is 86.9 cm³/mol. The monoisotopic (exact) mass is 278 g/mol. The summed E-state index contributed by atoms with van der Waals surface area (Å²) in [4.78, 5) is 10.3. The molecule has 0 bridgehead atoms.